The molecule has 6 saturated heterocycles. The van der Waals surface area contributed by atoms with Crippen LogP contribution in [0.4, 0.5) is 0 Å². The Morgan fingerprint density at radius 2 is 0.881 bits per heavy atom. The molecule has 2 aromatic rings. The Balaban J connectivity index is -0.000000119. The number of nitriles is 1. The number of nitrogens with one attached hydrogen (secondary N) is 5. The van der Waals surface area contributed by atoms with Gasteiger partial charge in [0, 0.05) is 165 Å². The standard InChI is InChI=1S/C8H16N2O.C8H10.C7H16N2O.C7H15NO.C7H15N.C7H8.C6H16N2.C6H13N.C5H14N2.C5H11NO.C5H13N.C5H12.C4H11NO.C4H9NO.C4H11NO.C4H11N.C4H7N.C3H9NO.C3H7NO.C3H6O/c1-7(11)10(3)8-4-5-9(2)6-8;1-2-8-6-4-3-5-7-8;1-8-2-3-9-4-6-10-7-5-9;1-2-3-8-4-6-9-7-5-8;1-7-5-3-4-6-8(7)2;1-7-5-3-2-4-6-7;1-7(2)5-6-8(3)4;1-2-7-5-3-4-6-7;1-6-4-5-7(2)3;1-6-2-4-7-5-3-6;1-4-5-6(2)3;1-3-5-4-2;1-5(2)3-4-6;1-4(6)5(2)3;1-4(3-6)5-2;1-3-4-5-2;1-2-3-4-5;1-4(2)3-5;1-3(5)4-2;1-3(2)4/h8H,4-6H2,1-3H3;3-7H,2H2,1H3;8H,2-7H2,1H3;2-7H2,1H3;7H,3-6H2,1-2H3;2-6H,1H3;5-6H2,1-4H3;2-6H2,1H3;6H,4-5H2,1-3H3;2-5H2,1H3;4-5H2,1-3H3;3-5H2,1-2H3;6H,3-4H2,1-2H3;1-3H3;4-6H,3H2,1-2H3;5H,3-4H2,1-2H3;2-3H2,1H3;5H,3H2,1-2H3;1-2H3,(H,4,5);1-2H3. The maximum atomic E-state index is 10.9. The second-order valence-corrected chi connectivity index (χ2v) is 35.7. The monoisotopic (exact) mass is 1930 g/mol. The second kappa shape index (κ2) is 127. The third-order valence-electron chi connectivity index (χ3n) is 19.7. The molecule has 0 aromatic heterocycles. The van der Waals surface area contributed by atoms with Crippen molar-refractivity contribution in [2.75, 3.05) is 366 Å². The number of carbonyl (C=O) groups excluding carboxylic acids is 4. The van der Waals surface area contributed by atoms with Crippen molar-refractivity contribution in [2.45, 2.75) is 225 Å². The van der Waals surface area contributed by atoms with Crippen LogP contribution in [0, 0.1) is 18.3 Å². The summed E-state index contributed by atoms with van der Waals surface area (Å²) < 4.78 is 15.5. The molecule has 0 radical (unpaired) electrons. The van der Waals surface area contributed by atoms with Gasteiger partial charge in [-0.05, 0) is 291 Å². The predicted octanol–water partition coefficient (Wildman–Crippen LogP) is 11.2. The molecule has 135 heavy (non-hydrogen) atoms. The van der Waals surface area contributed by atoms with Crippen LogP contribution < -0.4 is 26.6 Å². The zero-order valence-corrected chi connectivity index (χ0v) is 95.9. The van der Waals surface area contributed by atoms with Gasteiger partial charge >= 0.3 is 0 Å². The van der Waals surface area contributed by atoms with E-state index in [1.54, 1.807) is 47.1 Å². The fourth-order valence-corrected chi connectivity index (χ4v) is 10.2. The Morgan fingerprint density at radius 1 is 0.474 bits per heavy atom. The summed E-state index contributed by atoms with van der Waals surface area (Å²) in [7, 11) is 45.2. The number of amides is 3. The van der Waals surface area contributed by atoms with Gasteiger partial charge in [-0.25, -0.2) is 0 Å². The van der Waals surface area contributed by atoms with Crippen molar-refractivity contribution >= 4 is 23.5 Å². The fraction of sp³-hybridized carbons (Fsp3) is 0.838. The quantitative estimate of drug-likeness (QED) is 0.0406. The number of nitrogens with zero attached hydrogens (tertiary/aromatic N) is 15. The zero-order chi connectivity index (χ0) is 106. The van der Waals surface area contributed by atoms with Gasteiger partial charge in [0.1, 0.15) is 5.78 Å². The van der Waals surface area contributed by atoms with Crippen LogP contribution in [0.3, 0.4) is 0 Å². The molecule has 6 aliphatic heterocycles. The van der Waals surface area contributed by atoms with Gasteiger partial charge in [-0.3, -0.25) is 29.1 Å². The minimum atomic E-state index is 0.00463. The molecule has 810 valence electrons. The van der Waals surface area contributed by atoms with Gasteiger partial charge in [-0.1, -0.05) is 147 Å². The van der Waals surface area contributed by atoms with Gasteiger partial charge in [-0.2, -0.15) is 5.26 Å². The maximum absolute atomic E-state index is 10.9. The van der Waals surface area contributed by atoms with Gasteiger partial charge < -0.3 is 115 Å². The lowest BCUT2D eigenvalue weighted by Gasteiger charge is -2.29. The Bertz CT molecular complexity index is 2520. The van der Waals surface area contributed by atoms with Gasteiger partial charge in [0.15, 0.2) is 0 Å². The Hall–Kier alpha value is -4.87. The van der Waals surface area contributed by atoms with E-state index in [2.05, 4.69) is 252 Å². The van der Waals surface area contributed by atoms with Crippen molar-refractivity contribution in [3.05, 3.63) is 71.8 Å². The lowest BCUT2D eigenvalue weighted by molar-refractivity contribution is -0.129. The molecule has 6 fully saturated rings. The number of piperidine rings is 1. The van der Waals surface area contributed by atoms with E-state index in [-0.39, 0.29) is 49.5 Å². The van der Waals surface area contributed by atoms with Crippen LogP contribution in [0.1, 0.15) is 205 Å². The highest BCUT2D eigenvalue weighted by Crippen LogP contribution is 2.14. The summed E-state index contributed by atoms with van der Waals surface area (Å²) in [5.74, 6) is 0.435. The first-order valence-corrected chi connectivity index (χ1v) is 50.6. The number of carbonyl (C=O) groups is 4. The molecule has 30 nitrogen and oxygen atoms in total. The number of likely N-dealkylation sites (tertiary alicyclic amines) is 3. The molecule has 2 aromatic carbocycles. The summed E-state index contributed by atoms with van der Waals surface area (Å²) in [6, 6.07) is 24.3. The maximum Gasteiger partial charge on any atom is 0.219 e. The van der Waals surface area contributed by atoms with E-state index in [4.69, 9.17) is 34.8 Å². The number of aliphatic hydroxyl groups is 3. The summed E-state index contributed by atoms with van der Waals surface area (Å²) in [6.45, 7) is 62.6. The largest absolute Gasteiger partial charge is 0.395 e. The summed E-state index contributed by atoms with van der Waals surface area (Å²) in [6.07, 6.45) is 18.9. The number of morpholine rings is 3. The Morgan fingerprint density at radius 3 is 1.06 bits per heavy atom. The van der Waals surface area contributed by atoms with Gasteiger partial charge in [0.25, 0.3) is 0 Å². The SMILES string of the molecule is CC(=O)N(C)C.CC(=O)N(C)C1CCN(C)C1.CC(C)=O.CC1CCCCN1C.CCCC#N.CCCCC.CCCN(C)C.CCCN1CCOCC1.CCCNC.CCN1CCCC1.CCc1ccccc1.CN(C)CCN(C)C.CN(C)CCO.CN(C)CO.CN1CCOCC1.CNC(C)=O.CNC(C)CO.CNCCN(C)C.CNCCN1CCOCC1.Cc1ccccc1. The number of benzene rings is 2. The van der Waals surface area contributed by atoms with Crippen LogP contribution in [-0.2, 0) is 39.8 Å². The highest BCUT2D eigenvalue weighted by molar-refractivity contribution is 5.73. The van der Waals surface area contributed by atoms with E-state index in [9.17, 15) is 19.2 Å². The number of Topliss-reactive ketones (excluding diaryl/α,β-unsaturated/α-hetero) is 1. The van der Waals surface area contributed by atoms with Crippen molar-refractivity contribution in [3.8, 4) is 6.07 Å². The number of aryl methyl sites for hydroxylation is 2. The molecule has 6 heterocycles. The molecule has 8 rings (SSSR count). The normalized spacial score (nSPS) is 15.4. The minimum Gasteiger partial charge on any atom is -0.395 e. The summed E-state index contributed by atoms with van der Waals surface area (Å²) in [5, 5.41) is 46.8. The number of aliphatic hydroxyl groups excluding tert-OH is 3. The third-order valence-corrected chi connectivity index (χ3v) is 19.7. The lowest BCUT2D eigenvalue weighted by atomic mass is 10.1. The fourth-order valence-electron chi connectivity index (χ4n) is 10.2. The second-order valence-electron chi connectivity index (χ2n) is 35.7. The number of ketones is 1. The molecule has 3 unspecified atom stereocenters. The molecule has 0 spiro atoms. The summed E-state index contributed by atoms with van der Waals surface area (Å²) >= 11 is 0. The van der Waals surface area contributed by atoms with E-state index in [1.165, 1.54) is 154 Å². The Labute approximate surface area is 837 Å². The molecule has 30 heteroatoms. The molecule has 3 atom stereocenters. The first kappa shape index (κ1) is 155. The highest BCUT2D eigenvalue weighted by atomic mass is 16.5. The van der Waals surface area contributed by atoms with Crippen LogP contribution in [0.2, 0.25) is 0 Å². The first-order chi connectivity index (χ1) is 63.8. The van der Waals surface area contributed by atoms with Crippen LogP contribution in [0.5, 0.6) is 0 Å². The number of ether oxygens (including phenoxy) is 3. The van der Waals surface area contributed by atoms with Crippen molar-refractivity contribution in [3.63, 3.8) is 0 Å². The van der Waals surface area contributed by atoms with Gasteiger partial charge in [0.05, 0.1) is 65.7 Å². The van der Waals surface area contributed by atoms with E-state index < -0.39 is 0 Å². The van der Waals surface area contributed by atoms with Crippen molar-refractivity contribution in [1.29, 1.82) is 5.26 Å². The number of hydrogen-bond acceptors (Lipinski definition) is 27. The van der Waals surface area contributed by atoms with E-state index in [0.717, 1.165) is 170 Å². The predicted molar refractivity (Wildman–Crippen MR) is 587 cm³/mol. The van der Waals surface area contributed by atoms with E-state index >= 15 is 0 Å². The average molecular weight is 1930 g/mol. The number of rotatable bonds is 26. The number of unbranched alkanes of at least 4 members (excludes halogenated alkanes) is 3. The topological polar surface area (TPSA) is 286 Å². The van der Waals surface area contributed by atoms with Crippen LogP contribution in [0.25, 0.3) is 0 Å². The highest BCUT2D eigenvalue weighted by Gasteiger charge is 2.24. The lowest BCUT2D eigenvalue weighted by Crippen LogP contribution is -2.39. The molecule has 0 saturated carbocycles. The number of hydrogen-bond donors (Lipinski definition) is 8. The molecular formula is C105H230N20O10. The molecule has 8 N–H and O–H groups in total. The zero-order valence-electron chi connectivity index (χ0n) is 95.9. The third kappa shape index (κ3) is 160. The van der Waals surface area contributed by atoms with E-state index in [1.807, 2.05) is 103 Å². The average Bonchev–Trinajstić information content (AvgIpc) is 1.75. The minimum absolute atomic E-state index is 0.00463. The summed E-state index contributed by atoms with van der Waals surface area (Å²) in [5.41, 5.74) is 2.73. The van der Waals surface area contributed by atoms with Crippen molar-refractivity contribution in [1.82, 2.24) is 95.2 Å². The molecule has 6 aliphatic rings. The van der Waals surface area contributed by atoms with Crippen molar-refractivity contribution < 1.29 is 48.7 Å². The molecule has 0 bridgehead atoms. The number of likely N-dealkylation sites (N-methyl/N-ethyl adjacent to an activating group) is 10. The van der Waals surface area contributed by atoms with E-state index in [0.29, 0.717) is 12.5 Å². The van der Waals surface area contributed by atoms with Crippen LogP contribution in [-0.4, -0.2) is 491 Å². The molecule has 3 amide bonds. The molecular weight excluding hydrogens is 1700 g/mol. The van der Waals surface area contributed by atoms with Crippen molar-refractivity contribution in [2.24, 2.45) is 0 Å². The summed E-state index contributed by atoms with van der Waals surface area (Å²) in [4.78, 5) is 70.1. The van der Waals surface area contributed by atoms with Crippen LogP contribution in [0.15, 0.2) is 60.7 Å². The van der Waals surface area contributed by atoms with Gasteiger partial charge in [-0.15, -0.1) is 0 Å². The van der Waals surface area contributed by atoms with Crippen LogP contribution >= 0.6 is 0 Å². The van der Waals surface area contributed by atoms with Gasteiger partial charge in [0.2, 0.25) is 17.7 Å². The first-order valence-electron chi connectivity index (χ1n) is 50.6. The smallest absolute Gasteiger partial charge is 0.219 e. The molecule has 0 aliphatic carbocycles. The Kier molecular flexibility index (Phi) is 146.